The number of hydrogen-bond acceptors (Lipinski definition) is 4. The summed E-state index contributed by atoms with van der Waals surface area (Å²) in [6.45, 7) is 4.52. The average molecular weight is 260 g/mol. The van der Waals surface area contributed by atoms with E-state index < -0.39 is 0 Å². The molecule has 1 N–H and O–H groups in total. The van der Waals surface area contributed by atoms with Crippen LogP contribution in [0.25, 0.3) is 0 Å². The molecule has 2 aromatic rings. The standard InChI is InChI=1S/C13H16N4O2/c1-10-8-12(4-5-13(10)17(18)19)15-11(2)9-16-7-3-6-14-16/h3-8,11,15H,9H2,1-2H3. The normalized spacial score (nSPS) is 12.1. The Morgan fingerprint density at radius 1 is 1.53 bits per heavy atom. The number of benzene rings is 1. The van der Waals surface area contributed by atoms with Crippen molar-refractivity contribution in [3.05, 3.63) is 52.3 Å². The maximum Gasteiger partial charge on any atom is 0.272 e. The van der Waals surface area contributed by atoms with E-state index >= 15 is 0 Å². The van der Waals surface area contributed by atoms with Gasteiger partial charge >= 0.3 is 0 Å². The van der Waals surface area contributed by atoms with Crippen LogP contribution in [0.1, 0.15) is 12.5 Å². The fourth-order valence-corrected chi connectivity index (χ4v) is 1.97. The van der Waals surface area contributed by atoms with Crippen molar-refractivity contribution in [2.45, 2.75) is 26.4 Å². The molecule has 1 heterocycles. The molecule has 0 aliphatic carbocycles. The van der Waals surface area contributed by atoms with Gasteiger partial charge in [0.15, 0.2) is 0 Å². The van der Waals surface area contributed by atoms with Gasteiger partial charge in [-0.05, 0) is 32.0 Å². The van der Waals surface area contributed by atoms with Crippen LogP contribution in [-0.2, 0) is 6.54 Å². The van der Waals surface area contributed by atoms with Crippen LogP contribution >= 0.6 is 0 Å². The van der Waals surface area contributed by atoms with Crippen molar-refractivity contribution >= 4 is 11.4 Å². The van der Waals surface area contributed by atoms with Crippen molar-refractivity contribution in [1.29, 1.82) is 0 Å². The minimum atomic E-state index is -0.369. The summed E-state index contributed by atoms with van der Waals surface area (Å²) in [4.78, 5) is 10.4. The second-order valence-electron chi connectivity index (χ2n) is 4.53. The van der Waals surface area contributed by atoms with E-state index in [1.165, 1.54) is 6.07 Å². The molecule has 0 aliphatic rings. The van der Waals surface area contributed by atoms with Crippen LogP contribution in [0.5, 0.6) is 0 Å². The molecular formula is C13H16N4O2. The van der Waals surface area contributed by atoms with E-state index in [1.54, 1.807) is 25.3 Å². The van der Waals surface area contributed by atoms with Crippen molar-refractivity contribution in [3.63, 3.8) is 0 Å². The van der Waals surface area contributed by atoms with Crippen molar-refractivity contribution in [2.75, 3.05) is 5.32 Å². The SMILES string of the molecule is Cc1cc(NC(C)Cn2cccn2)ccc1[N+](=O)[O-]. The molecule has 0 saturated carbocycles. The second-order valence-corrected chi connectivity index (χ2v) is 4.53. The van der Waals surface area contributed by atoms with Crippen LogP contribution in [0.2, 0.25) is 0 Å². The Hall–Kier alpha value is -2.37. The van der Waals surface area contributed by atoms with Gasteiger partial charge in [-0.25, -0.2) is 0 Å². The topological polar surface area (TPSA) is 73.0 Å². The van der Waals surface area contributed by atoms with Gasteiger partial charge < -0.3 is 5.32 Å². The molecule has 0 spiro atoms. The Morgan fingerprint density at radius 2 is 2.32 bits per heavy atom. The summed E-state index contributed by atoms with van der Waals surface area (Å²) in [6.07, 6.45) is 3.64. The number of rotatable bonds is 5. The fraction of sp³-hybridized carbons (Fsp3) is 0.308. The highest BCUT2D eigenvalue weighted by Gasteiger charge is 2.11. The summed E-state index contributed by atoms with van der Waals surface area (Å²) in [5, 5.41) is 18.2. The van der Waals surface area contributed by atoms with Crippen molar-refractivity contribution in [1.82, 2.24) is 9.78 Å². The molecular weight excluding hydrogens is 244 g/mol. The first-order chi connectivity index (χ1) is 9.06. The van der Waals surface area contributed by atoms with E-state index in [-0.39, 0.29) is 16.7 Å². The molecule has 0 bridgehead atoms. The first-order valence-corrected chi connectivity index (χ1v) is 6.05. The lowest BCUT2D eigenvalue weighted by atomic mass is 10.1. The largest absolute Gasteiger partial charge is 0.381 e. The quantitative estimate of drug-likeness (QED) is 0.662. The predicted octanol–water partition coefficient (Wildman–Crippen LogP) is 2.60. The van der Waals surface area contributed by atoms with Gasteiger partial charge in [-0.1, -0.05) is 0 Å². The van der Waals surface area contributed by atoms with E-state index in [4.69, 9.17) is 0 Å². The molecule has 19 heavy (non-hydrogen) atoms. The first-order valence-electron chi connectivity index (χ1n) is 6.05. The van der Waals surface area contributed by atoms with E-state index in [2.05, 4.69) is 10.4 Å². The lowest BCUT2D eigenvalue weighted by molar-refractivity contribution is -0.385. The molecule has 1 atom stereocenters. The third-order valence-corrected chi connectivity index (χ3v) is 2.83. The maximum atomic E-state index is 10.7. The average Bonchev–Trinajstić information content (AvgIpc) is 2.81. The smallest absolute Gasteiger partial charge is 0.272 e. The second kappa shape index (κ2) is 5.51. The summed E-state index contributed by atoms with van der Waals surface area (Å²) >= 11 is 0. The molecule has 0 fully saturated rings. The number of nitrogens with zero attached hydrogens (tertiary/aromatic N) is 3. The van der Waals surface area contributed by atoms with Crippen LogP contribution in [0, 0.1) is 17.0 Å². The molecule has 6 nitrogen and oxygen atoms in total. The summed E-state index contributed by atoms with van der Waals surface area (Å²) in [5.41, 5.74) is 1.68. The Bertz CT molecular complexity index is 566. The number of aryl methyl sites for hydroxylation is 1. The van der Waals surface area contributed by atoms with Gasteiger partial charge in [0.25, 0.3) is 5.69 Å². The number of nitrogens with one attached hydrogen (secondary N) is 1. The summed E-state index contributed by atoms with van der Waals surface area (Å²) in [7, 11) is 0. The Kier molecular flexibility index (Phi) is 3.79. The highest BCUT2D eigenvalue weighted by atomic mass is 16.6. The number of nitro benzene ring substituents is 1. The molecule has 2 rings (SSSR count). The molecule has 0 aliphatic heterocycles. The summed E-state index contributed by atoms with van der Waals surface area (Å²) < 4.78 is 1.84. The van der Waals surface area contributed by atoms with Crippen LogP contribution in [0.3, 0.4) is 0 Å². The molecule has 1 aromatic carbocycles. The third-order valence-electron chi connectivity index (χ3n) is 2.83. The number of aromatic nitrogens is 2. The van der Waals surface area contributed by atoms with Gasteiger partial charge in [-0.2, -0.15) is 5.10 Å². The van der Waals surface area contributed by atoms with Crippen LogP contribution in [0.4, 0.5) is 11.4 Å². The molecule has 1 aromatic heterocycles. The molecule has 1 unspecified atom stereocenters. The molecule has 100 valence electrons. The Morgan fingerprint density at radius 3 is 2.89 bits per heavy atom. The van der Waals surface area contributed by atoms with Gasteiger partial charge in [-0.15, -0.1) is 0 Å². The number of anilines is 1. The zero-order valence-electron chi connectivity index (χ0n) is 10.9. The first kappa shape index (κ1) is 13.1. The molecule has 0 saturated heterocycles. The number of nitro groups is 1. The monoisotopic (exact) mass is 260 g/mol. The van der Waals surface area contributed by atoms with E-state index in [0.29, 0.717) is 5.56 Å². The van der Waals surface area contributed by atoms with Crippen molar-refractivity contribution in [3.8, 4) is 0 Å². The third kappa shape index (κ3) is 3.31. The van der Waals surface area contributed by atoms with Crippen LogP contribution in [0.15, 0.2) is 36.7 Å². The lowest BCUT2D eigenvalue weighted by Crippen LogP contribution is -2.22. The summed E-state index contributed by atoms with van der Waals surface area (Å²) in [5.74, 6) is 0. The molecule has 0 amide bonds. The molecule has 6 heteroatoms. The minimum Gasteiger partial charge on any atom is -0.381 e. The maximum absolute atomic E-state index is 10.7. The Balaban J connectivity index is 2.03. The van der Waals surface area contributed by atoms with Crippen LogP contribution < -0.4 is 5.32 Å². The van der Waals surface area contributed by atoms with E-state index in [0.717, 1.165) is 12.2 Å². The number of hydrogen-bond donors (Lipinski definition) is 1. The van der Waals surface area contributed by atoms with Gasteiger partial charge in [0, 0.05) is 35.8 Å². The van der Waals surface area contributed by atoms with Gasteiger partial charge in [-0.3, -0.25) is 14.8 Å². The highest BCUT2D eigenvalue weighted by Crippen LogP contribution is 2.22. The fourth-order valence-electron chi connectivity index (χ4n) is 1.97. The highest BCUT2D eigenvalue weighted by molar-refractivity contribution is 5.53. The van der Waals surface area contributed by atoms with Gasteiger partial charge in [0.1, 0.15) is 0 Å². The lowest BCUT2D eigenvalue weighted by Gasteiger charge is -2.15. The van der Waals surface area contributed by atoms with Gasteiger partial charge in [0.05, 0.1) is 11.5 Å². The van der Waals surface area contributed by atoms with Crippen molar-refractivity contribution in [2.24, 2.45) is 0 Å². The van der Waals surface area contributed by atoms with Gasteiger partial charge in [0.2, 0.25) is 0 Å². The van der Waals surface area contributed by atoms with Crippen LogP contribution in [-0.4, -0.2) is 20.7 Å². The van der Waals surface area contributed by atoms with E-state index in [9.17, 15) is 10.1 Å². The zero-order chi connectivity index (χ0) is 13.8. The predicted molar refractivity (Wildman–Crippen MR) is 73.1 cm³/mol. The van der Waals surface area contributed by atoms with Crippen molar-refractivity contribution < 1.29 is 4.92 Å². The zero-order valence-corrected chi connectivity index (χ0v) is 10.9. The Labute approximate surface area is 111 Å². The molecule has 0 radical (unpaired) electrons. The van der Waals surface area contributed by atoms with E-state index in [1.807, 2.05) is 23.9 Å². The minimum absolute atomic E-state index is 0.144. The summed E-state index contributed by atoms with van der Waals surface area (Å²) in [6, 6.07) is 7.10.